The number of hydrogen-bond acceptors (Lipinski definition) is 3. The topological polar surface area (TPSA) is 34.2 Å². The highest BCUT2D eigenvalue weighted by atomic mass is 16.5. The van der Waals surface area contributed by atoms with E-state index in [0.29, 0.717) is 6.04 Å². The molecule has 0 amide bonds. The summed E-state index contributed by atoms with van der Waals surface area (Å²) in [4.78, 5) is 4.36. The molecule has 0 saturated heterocycles. The molecule has 0 fully saturated rings. The maximum atomic E-state index is 5.79. The van der Waals surface area contributed by atoms with Crippen LogP contribution in [-0.2, 0) is 6.54 Å². The van der Waals surface area contributed by atoms with Gasteiger partial charge in [0.2, 0.25) is 0 Å². The lowest BCUT2D eigenvalue weighted by molar-refractivity contribution is 0.251. The van der Waals surface area contributed by atoms with Crippen molar-refractivity contribution in [3.8, 4) is 5.75 Å². The maximum Gasteiger partial charge on any atom is 0.124 e. The molecule has 0 aliphatic carbocycles. The first kappa shape index (κ1) is 13.1. The van der Waals surface area contributed by atoms with Gasteiger partial charge in [0.15, 0.2) is 0 Å². The molecule has 1 aliphatic heterocycles. The van der Waals surface area contributed by atoms with Crippen molar-refractivity contribution >= 4 is 0 Å². The van der Waals surface area contributed by atoms with Gasteiger partial charge >= 0.3 is 0 Å². The van der Waals surface area contributed by atoms with Gasteiger partial charge in [-0.25, -0.2) is 0 Å². The van der Waals surface area contributed by atoms with E-state index < -0.39 is 0 Å². The van der Waals surface area contributed by atoms with E-state index in [9.17, 15) is 0 Å². The van der Waals surface area contributed by atoms with E-state index in [2.05, 4.69) is 36.3 Å². The van der Waals surface area contributed by atoms with Crippen molar-refractivity contribution in [3.63, 3.8) is 0 Å². The molecule has 0 radical (unpaired) electrons. The zero-order valence-corrected chi connectivity index (χ0v) is 12.0. The molecular weight excluding hydrogens is 248 g/mol. The molecule has 1 unspecified atom stereocenters. The molecule has 0 spiro atoms. The number of hydrogen-bond donors (Lipinski definition) is 1. The summed E-state index contributed by atoms with van der Waals surface area (Å²) in [6.07, 6.45) is 2.84. The number of rotatable bonds is 3. The van der Waals surface area contributed by atoms with Gasteiger partial charge in [-0.05, 0) is 43.2 Å². The van der Waals surface area contributed by atoms with Crippen LogP contribution in [0.2, 0.25) is 0 Å². The van der Waals surface area contributed by atoms with Crippen molar-refractivity contribution < 1.29 is 4.74 Å². The van der Waals surface area contributed by atoms with Crippen LogP contribution in [0.1, 0.15) is 34.8 Å². The highest BCUT2D eigenvalue weighted by Crippen LogP contribution is 2.34. The molecule has 3 heteroatoms. The molecule has 1 aromatic heterocycles. The quantitative estimate of drug-likeness (QED) is 0.927. The number of aryl methyl sites for hydroxylation is 2. The maximum absolute atomic E-state index is 5.79. The van der Waals surface area contributed by atoms with Crippen LogP contribution >= 0.6 is 0 Å². The lowest BCUT2D eigenvalue weighted by Crippen LogP contribution is -2.27. The summed E-state index contributed by atoms with van der Waals surface area (Å²) < 4.78 is 5.79. The van der Waals surface area contributed by atoms with Crippen LogP contribution in [0.25, 0.3) is 0 Å². The van der Waals surface area contributed by atoms with E-state index in [1.54, 1.807) is 0 Å². The Morgan fingerprint density at radius 2 is 2.10 bits per heavy atom. The number of fused-ring (bicyclic) bond motifs is 1. The van der Waals surface area contributed by atoms with Gasteiger partial charge < -0.3 is 10.1 Å². The van der Waals surface area contributed by atoms with E-state index in [4.69, 9.17) is 4.74 Å². The first-order valence-corrected chi connectivity index (χ1v) is 7.11. The molecule has 0 saturated carbocycles. The van der Waals surface area contributed by atoms with Crippen LogP contribution in [0.15, 0.2) is 36.5 Å². The number of pyridine rings is 1. The van der Waals surface area contributed by atoms with Crippen molar-refractivity contribution in [1.29, 1.82) is 0 Å². The van der Waals surface area contributed by atoms with Gasteiger partial charge in [0, 0.05) is 30.8 Å². The smallest absolute Gasteiger partial charge is 0.124 e. The van der Waals surface area contributed by atoms with Gasteiger partial charge in [0.25, 0.3) is 0 Å². The number of nitrogens with zero attached hydrogens (tertiary/aromatic N) is 1. The Morgan fingerprint density at radius 3 is 2.90 bits per heavy atom. The fourth-order valence-electron chi connectivity index (χ4n) is 2.59. The molecule has 104 valence electrons. The summed E-state index contributed by atoms with van der Waals surface area (Å²) >= 11 is 0. The highest BCUT2D eigenvalue weighted by Gasteiger charge is 2.21. The van der Waals surface area contributed by atoms with Gasteiger partial charge in [-0.3, -0.25) is 4.98 Å². The molecule has 3 rings (SSSR count). The fraction of sp³-hybridized carbons (Fsp3) is 0.353. The molecule has 20 heavy (non-hydrogen) atoms. The second-order valence-corrected chi connectivity index (χ2v) is 5.37. The Morgan fingerprint density at radius 1 is 1.25 bits per heavy atom. The number of benzene rings is 1. The summed E-state index contributed by atoms with van der Waals surface area (Å²) in [5.41, 5.74) is 4.95. The molecule has 1 atom stereocenters. The lowest BCUT2D eigenvalue weighted by Gasteiger charge is -2.27. The first-order valence-electron chi connectivity index (χ1n) is 7.11. The van der Waals surface area contributed by atoms with Crippen molar-refractivity contribution in [2.24, 2.45) is 0 Å². The molecule has 2 aromatic rings. The Balaban J connectivity index is 1.78. The summed E-state index contributed by atoms with van der Waals surface area (Å²) in [5.74, 6) is 1.03. The van der Waals surface area contributed by atoms with Gasteiger partial charge in [-0.2, -0.15) is 0 Å². The normalized spacial score (nSPS) is 17.4. The third-order valence-corrected chi connectivity index (χ3v) is 3.92. The monoisotopic (exact) mass is 268 g/mol. The van der Waals surface area contributed by atoms with Crippen molar-refractivity contribution in [2.75, 3.05) is 6.61 Å². The predicted octanol–water partition coefficient (Wildman–Crippen LogP) is 3.31. The van der Waals surface area contributed by atoms with E-state index >= 15 is 0 Å². The average molecular weight is 268 g/mol. The van der Waals surface area contributed by atoms with E-state index in [1.165, 1.54) is 16.7 Å². The zero-order chi connectivity index (χ0) is 13.9. The van der Waals surface area contributed by atoms with Gasteiger partial charge in [-0.1, -0.05) is 12.1 Å². The van der Waals surface area contributed by atoms with Gasteiger partial charge in [-0.15, -0.1) is 0 Å². The minimum Gasteiger partial charge on any atom is -0.493 e. The Hall–Kier alpha value is -1.87. The highest BCUT2D eigenvalue weighted by molar-refractivity contribution is 5.44. The molecule has 1 aromatic carbocycles. The minimum absolute atomic E-state index is 0.347. The fourth-order valence-corrected chi connectivity index (χ4v) is 2.59. The van der Waals surface area contributed by atoms with Gasteiger partial charge in [0.05, 0.1) is 12.3 Å². The van der Waals surface area contributed by atoms with Crippen molar-refractivity contribution in [1.82, 2.24) is 10.3 Å². The van der Waals surface area contributed by atoms with E-state index in [0.717, 1.165) is 31.0 Å². The third kappa shape index (κ3) is 2.68. The van der Waals surface area contributed by atoms with E-state index in [-0.39, 0.29) is 0 Å². The van der Waals surface area contributed by atoms with Gasteiger partial charge in [0.1, 0.15) is 5.75 Å². The van der Waals surface area contributed by atoms with E-state index in [1.807, 2.05) is 24.4 Å². The van der Waals surface area contributed by atoms with Crippen LogP contribution in [0.3, 0.4) is 0 Å². The predicted molar refractivity (Wildman–Crippen MR) is 79.8 cm³/mol. The molecule has 1 N–H and O–H groups in total. The van der Waals surface area contributed by atoms with Crippen LogP contribution in [0.5, 0.6) is 5.75 Å². The molecular formula is C17H20N2O. The Labute approximate surface area is 120 Å². The standard InChI is InChI=1S/C17H20N2O/c1-12-9-15-16(6-8-20-17(15)10-13(12)2)19-11-14-5-3-4-7-18-14/h3-5,7,9-10,16,19H,6,8,11H2,1-2H3. The van der Waals surface area contributed by atoms with Crippen LogP contribution in [0, 0.1) is 13.8 Å². The van der Waals surface area contributed by atoms with Crippen LogP contribution in [-0.4, -0.2) is 11.6 Å². The summed E-state index contributed by atoms with van der Waals surface area (Å²) in [6, 6.07) is 10.8. The molecule has 3 nitrogen and oxygen atoms in total. The summed E-state index contributed by atoms with van der Waals surface area (Å²) in [6.45, 7) is 5.84. The Kier molecular flexibility index (Phi) is 3.70. The third-order valence-electron chi connectivity index (χ3n) is 3.92. The van der Waals surface area contributed by atoms with Crippen LogP contribution in [0.4, 0.5) is 0 Å². The molecule has 2 heterocycles. The zero-order valence-electron chi connectivity index (χ0n) is 12.0. The summed E-state index contributed by atoms with van der Waals surface area (Å²) in [5, 5.41) is 3.60. The number of ether oxygens (including phenoxy) is 1. The van der Waals surface area contributed by atoms with Crippen LogP contribution < -0.4 is 10.1 Å². The number of aromatic nitrogens is 1. The summed E-state index contributed by atoms with van der Waals surface area (Å²) in [7, 11) is 0. The Bertz CT molecular complexity index is 595. The SMILES string of the molecule is Cc1cc2c(cc1C)C(NCc1ccccn1)CCO2. The second-order valence-electron chi connectivity index (χ2n) is 5.37. The lowest BCUT2D eigenvalue weighted by atomic mass is 9.96. The van der Waals surface area contributed by atoms with Crippen molar-refractivity contribution in [2.45, 2.75) is 32.9 Å². The minimum atomic E-state index is 0.347. The largest absolute Gasteiger partial charge is 0.493 e. The molecule has 0 bridgehead atoms. The molecule has 1 aliphatic rings. The average Bonchev–Trinajstić information content (AvgIpc) is 2.47. The number of nitrogens with one attached hydrogen (secondary N) is 1. The first-order chi connectivity index (χ1) is 9.74. The van der Waals surface area contributed by atoms with Crippen molar-refractivity contribution in [3.05, 3.63) is 58.9 Å². The second kappa shape index (κ2) is 5.63.